The molecule has 1 aliphatic carbocycles. The van der Waals surface area contributed by atoms with E-state index in [0.29, 0.717) is 0 Å². The summed E-state index contributed by atoms with van der Waals surface area (Å²) in [4.78, 5) is 8.58. The summed E-state index contributed by atoms with van der Waals surface area (Å²) in [6, 6.07) is 0. The Kier molecular flexibility index (Phi) is 10.2. The fourth-order valence-electron chi connectivity index (χ4n) is 1.96. The van der Waals surface area contributed by atoms with Crippen LogP contribution in [0.1, 0.15) is 26.2 Å². The highest BCUT2D eigenvalue weighted by molar-refractivity contribution is 14.0. The van der Waals surface area contributed by atoms with E-state index in [1.54, 1.807) is 6.20 Å². The van der Waals surface area contributed by atoms with E-state index in [2.05, 4.69) is 27.5 Å². The molecule has 22 heavy (non-hydrogen) atoms. The average molecular weight is 421 g/mol. The van der Waals surface area contributed by atoms with E-state index in [9.17, 15) is 0 Å². The highest BCUT2D eigenvalue weighted by atomic mass is 127. The van der Waals surface area contributed by atoms with Crippen LogP contribution < -0.4 is 10.6 Å². The van der Waals surface area contributed by atoms with Crippen LogP contribution in [0, 0.1) is 5.92 Å². The van der Waals surface area contributed by atoms with E-state index in [1.807, 2.05) is 17.1 Å². The normalized spacial score (nSPS) is 14.5. The predicted molar refractivity (Wildman–Crippen MR) is 99.8 cm³/mol. The minimum absolute atomic E-state index is 0. The number of nitrogens with one attached hydrogen (secondary N) is 2. The van der Waals surface area contributed by atoms with Crippen molar-refractivity contribution in [3.05, 3.63) is 18.7 Å². The molecule has 0 radical (unpaired) electrons. The minimum Gasteiger partial charge on any atom is -0.381 e. The lowest BCUT2D eigenvalue weighted by atomic mass is 10.4. The number of rotatable bonds is 10. The van der Waals surface area contributed by atoms with Crippen molar-refractivity contribution in [1.29, 1.82) is 0 Å². The highest BCUT2D eigenvalue weighted by Crippen LogP contribution is 2.28. The molecule has 6 nitrogen and oxygen atoms in total. The van der Waals surface area contributed by atoms with Crippen molar-refractivity contribution in [2.45, 2.75) is 32.7 Å². The van der Waals surface area contributed by atoms with Crippen molar-refractivity contribution >= 4 is 29.9 Å². The second kappa shape index (κ2) is 11.7. The number of halogens is 1. The first-order valence-corrected chi connectivity index (χ1v) is 7.94. The molecule has 1 aliphatic rings. The van der Waals surface area contributed by atoms with Gasteiger partial charge in [0.1, 0.15) is 0 Å². The van der Waals surface area contributed by atoms with Crippen LogP contribution in [-0.4, -0.2) is 48.4 Å². The van der Waals surface area contributed by atoms with E-state index < -0.39 is 0 Å². The summed E-state index contributed by atoms with van der Waals surface area (Å²) in [5.74, 6) is 1.72. The van der Waals surface area contributed by atoms with Gasteiger partial charge in [-0.15, -0.1) is 24.0 Å². The lowest BCUT2D eigenvalue weighted by molar-refractivity contribution is 0.123. The molecule has 1 heterocycles. The maximum Gasteiger partial charge on any atom is 0.191 e. The molecule has 126 valence electrons. The zero-order chi connectivity index (χ0) is 14.8. The monoisotopic (exact) mass is 421 g/mol. The van der Waals surface area contributed by atoms with Crippen LogP contribution in [-0.2, 0) is 11.3 Å². The molecule has 0 atom stereocenters. The van der Waals surface area contributed by atoms with Gasteiger partial charge in [0, 0.05) is 51.8 Å². The molecule has 2 rings (SSSR count). The van der Waals surface area contributed by atoms with Gasteiger partial charge in [0.15, 0.2) is 5.96 Å². The molecule has 0 amide bonds. The second-order valence-corrected chi connectivity index (χ2v) is 5.36. The Morgan fingerprint density at radius 1 is 1.41 bits per heavy atom. The number of guanidine groups is 1. The van der Waals surface area contributed by atoms with Gasteiger partial charge in [-0.05, 0) is 32.1 Å². The highest BCUT2D eigenvalue weighted by Gasteiger charge is 2.20. The SMILES string of the molecule is CCNC(=NCCCOCC1CC1)NCCn1ccnc1.I. The topological polar surface area (TPSA) is 63.5 Å². The number of aliphatic imine (C=N–C) groups is 1. The Morgan fingerprint density at radius 2 is 2.27 bits per heavy atom. The first kappa shape index (κ1) is 19.2. The Balaban J connectivity index is 0.00000242. The maximum atomic E-state index is 5.61. The summed E-state index contributed by atoms with van der Waals surface area (Å²) in [7, 11) is 0. The minimum atomic E-state index is 0. The van der Waals surface area contributed by atoms with E-state index >= 15 is 0 Å². The zero-order valence-electron chi connectivity index (χ0n) is 13.3. The summed E-state index contributed by atoms with van der Waals surface area (Å²) >= 11 is 0. The lowest BCUT2D eigenvalue weighted by Crippen LogP contribution is -2.38. The van der Waals surface area contributed by atoms with Crippen LogP contribution in [0.4, 0.5) is 0 Å². The molecular formula is C15H28IN5O. The van der Waals surface area contributed by atoms with Crippen LogP contribution in [0.5, 0.6) is 0 Å². The van der Waals surface area contributed by atoms with Crippen LogP contribution in [0.3, 0.4) is 0 Å². The number of aromatic nitrogens is 2. The number of hydrogen-bond donors (Lipinski definition) is 2. The van der Waals surface area contributed by atoms with Gasteiger partial charge in [0.05, 0.1) is 6.33 Å². The fourth-order valence-corrected chi connectivity index (χ4v) is 1.96. The number of imidazole rings is 1. The summed E-state index contributed by atoms with van der Waals surface area (Å²) in [5.41, 5.74) is 0. The van der Waals surface area contributed by atoms with Gasteiger partial charge in [-0.25, -0.2) is 4.98 Å². The molecule has 1 fully saturated rings. The quantitative estimate of drug-likeness (QED) is 0.262. The van der Waals surface area contributed by atoms with E-state index in [4.69, 9.17) is 4.74 Å². The molecule has 1 aromatic rings. The number of nitrogens with zero attached hydrogens (tertiary/aromatic N) is 3. The van der Waals surface area contributed by atoms with Gasteiger partial charge in [-0.2, -0.15) is 0 Å². The van der Waals surface area contributed by atoms with Crippen molar-refractivity contribution in [2.75, 3.05) is 32.8 Å². The van der Waals surface area contributed by atoms with E-state index in [0.717, 1.165) is 57.7 Å². The van der Waals surface area contributed by atoms with E-state index in [1.165, 1.54) is 12.8 Å². The molecule has 1 aromatic heterocycles. The number of hydrogen-bond acceptors (Lipinski definition) is 3. The molecular weight excluding hydrogens is 393 g/mol. The Morgan fingerprint density at radius 3 is 2.95 bits per heavy atom. The molecule has 0 unspecified atom stereocenters. The lowest BCUT2D eigenvalue weighted by Gasteiger charge is -2.11. The molecule has 2 N–H and O–H groups in total. The molecule has 0 bridgehead atoms. The zero-order valence-corrected chi connectivity index (χ0v) is 15.7. The predicted octanol–water partition coefficient (Wildman–Crippen LogP) is 1.87. The summed E-state index contributed by atoms with van der Waals surface area (Å²) < 4.78 is 7.65. The van der Waals surface area contributed by atoms with Gasteiger partial charge in [0.25, 0.3) is 0 Å². The third kappa shape index (κ3) is 8.57. The first-order valence-electron chi connectivity index (χ1n) is 7.94. The van der Waals surface area contributed by atoms with Crippen molar-refractivity contribution in [1.82, 2.24) is 20.2 Å². The van der Waals surface area contributed by atoms with Crippen molar-refractivity contribution in [3.8, 4) is 0 Å². The van der Waals surface area contributed by atoms with Crippen molar-refractivity contribution in [3.63, 3.8) is 0 Å². The van der Waals surface area contributed by atoms with Gasteiger partial charge >= 0.3 is 0 Å². The average Bonchev–Trinajstić information content (AvgIpc) is 3.17. The Hall–Kier alpha value is -0.830. The molecule has 0 saturated heterocycles. The maximum absolute atomic E-state index is 5.61. The van der Waals surface area contributed by atoms with Crippen molar-refractivity contribution in [2.24, 2.45) is 10.9 Å². The van der Waals surface area contributed by atoms with Gasteiger partial charge in [0.2, 0.25) is 0 Å². The fraction of sp³-hybridized carbons (Fsp3) is 0.733. The molecule has 0 spiro atoms. The Labute approximate surface area is 150 Å². The van der Waals surface area contributed by atoms with Gasteiger partial charge in [-0.1, -0.05) is 0 Å². The summed E-state index contributed by atoms with van der Waals surface area (Å²) in [5, 5.41) is 6.58. The third-order valence-electron chi connectivity index (χ3n) is 3.33. The third-order valence-corrected chi connectivity index (χ3v) is 3.33. The van der Waals surface area contributed by atoms with Gasteiger partial charge < -0.3 is 19.9 Å². The second-order valence-electron chi connectivity index (χ2n) is 5.36. The molecule has 0 aliphatic heterocycles. The van der Waals surface area contributed by atoms with Crippen LogP contribution in [0.15, 0.2) is 23.7 Å². The van der Waals surface area contributed by atoms with Crippen LogP contribution in [0.25, 0.3) is 0 Å². The largest absolute Gasteiger partial charge is 0.381 e. The van der Waals surface area contributed by atoms with Crippen molar-refractivity contribution < 1.29 is 4.74 Å². The summed E-state index contributed by atoms with van der Waals surface area (Å²) in [6.07, 6.45) is 9.25. The van der Waals surface area contributed by atoms with Gasteiger partial charge in [-0.3, -0.25) is 4.99 Å². The Bertz CT molecular complexity index is 406. The van der Waals surface area contributed by atoms with Crippen LogP contribution in [0.2, 0.25) is 0 Å². The van der Waals surface area contributed by atoms with Crippen LogP contribution >= 0.6 is 24.0 Å². The molecule has 7 heteroatoms. The first-order chi connectivity index (χ1) is 10.4. The standard InChI is InChI=1S/C15H27N5O.HI/c1-2-17-15(19-8-10-20-9-7-16-13-20)18-6-3-11-21-12-14-4-5-14;/h7,9,13-14H,2-6,8,10-12H2,1H3,(H2,17,18,19);1H. The van der Waals surface area contributed by atoms with E-state index in [-0.39, 0.29) is 24.0 Å². The molecule has 1 saturated carbocycles. The smallest absolute Gasteiger partial charge is 0.191 e. The summed E-state index contributed by atoms with van der Waals surface area (Å²) in [6.45, 7) is 7.21. The number of ether oxygens (including phenoxy) is 1. The molecule has 0 aromatic carbocycles.